The first kappa shape index (κ1) is 28.7. The number of carbonyl (C=O) groups is 3. The van der Waals surface area contributed by atoms with Crippen LogP contribution >= 0.6 is 23.2 Å². The quantitative estimate of drug-likeness (QED) is 0.199. The molecule has 210 valence electrons. The number of rotatable bonds is 8. The second kappa shape index (κ2) is 11.6. The van der Waals surface area contributed by atoms with Crippen LogP contribution in [-0.4, -0.2) is 42.3 Å². The number of imide groups is 1. The molecule has 3 amide bonds. The van der Waals surface area contributed by atoms with Crippen molar-refractivity contribution in [2.24, 2.45) is 0 Å². The first-order valence-corrected chi connectivity index (χ1v) is 14.2. The predicted molar refractivity (Wildman–Crippen MR) is 163 cm³/mol. The fourth-order valence-electron chi connectivity index (χ4n) is 5.02. The third-order valence-corrected chi connectivity index (χ3v) is 7.74. The van der Waals surface area contributed by atoms with Crippen LogP contribution in [0.25, 0.3) is 10.8 Å². The molecule has 0 spiro atoms. The van der Waals surface area contributed by atoms with Crippen LogP contribution in [0.5, 0.6) is 5.75 Å². The van der Waals surface area contributed by atoms with Crippen LogP contribution in [0.1, 0.15) is 53.5 Å². The summed E-state index contributed by atoms with van der Waals surface area (Å²) in [6, 6.07) is 23.6. The lowest BCUT2D eigenvalue weighted by atomic mass is 9.87. The van der Waals surface area contributed by atoms with Gasteiger partial charge in [0.1, 0.15) is 5.75 Å². The van der Waals surface area contributed by atoms with Gasteiger partial charge in [0.25, 0.3) is 17.7 Å². The lowest BCUT2D eigenvalue weighted by molar-refractivity contribution is -0.120. The monoisotopic (exact) mass is 588 g/mol. The average molecular weight is 590 g/mol. The summed E-state index contributed by atoms with van der Waals surface area (Å²) in [6.07, 6.45) is 0.379. The number of halogens is 2. The summed E-state index contributed by atoms with van der Waals surface area (Å²) in [6.45, 7) is 6.56. The van der Waals surface area contributed by atoms with Gasteiger partial charge in [0.15, 0.2) is 6.61 Å². The van der Waals surface area contributed by atoms with E-state index in [0.29, 0.717) is 44.4 Å². The normalized spacial score (nSPS) is 13.0. The third kappa shape index (κ3) is 5.95. The molecule has 0 unspecified atom stereocenters. The van der Waals surface area contributed by atoms with E-state index in [0.717, 1.165) is 10.9 Å². The van der Waals surface area contributed by atoms with Crippen LogP contribution in [-0.2, 0) is 10.2 Å². The molecular weight excluding hydrogens is 559 g/mol. The Balaban J connectivity index is 1.34. The van der Waals surface area contributed by atoms with Crippen LogP contribution in [0.4, 0.5) is 5.69 Å². The maximum absolute atomic E-state index is 13.5. The Hall–Kier alpha value is -3.87. The van der Waals surface area contributed by atoms with Gasteiger partial charge < -0.3 is 9.64 Å². The Kier molecular flexibility index (Phi) is 8.07. The number of benzene rings is 4. The summed E-state index contributed by atoms with van der Waals surface area (Å²) in [5.74, 6) is -0.587. The summed E-state index contributed by atoms with van der Waals surface area (Å²) in [4.78, 5) is 43.0. The lowest BCUT2D eigenvalue weighted by Crippen LogP contribution is -2.43. The van der Waals surface area contributed by atoms with Crippen molar-refractivity contribution in [1.82, 2.24) is 4.90 Å². The zero-order valence-electron chi connectivity index (χ0n) is 23.1. The second-order valence-corrected chi connectivity index (χ2v) is 11.9. The molecule has 8 heteroatoms. The molecule has 0 saturated carbocycles. The van der Waals surface area contributed by atoms with Gasteiger partial charge in [-0.25, -0.2) is 0 Å². The molecular formula is C33H30Cl2N2O4. The van der Waals surface area contributed by atoms with E-state index in [-0.39, 0.29) is 42.8 Å². The minimum Gasteiger partial charge on any atom is -0.482 e. The Bertz CT molecular complexity index is 1590. The number of carbonyl (C=O) groups excluding carboxylic acids is 3. The summed E-state index contributed by atoms with van der Waals surface area (Å²) >= 11 is 12.2. The highest BCUT2D eigenvalue weighted by atomic mass is 35.5. The van der Waals surface area contributed by atoms with Gasteiger partial charge >= 0.3 is 0 Å². The number of ether oxygens (including phenoxy) is 1. The molecule has 0 fully saturated rings. The Labute approximate surface area is 249 Å². The molecule has 1 heterocycles. The fraction of sp³-hybridized carbons (Fsp3) is 0.242. The molecule has 5 rings (SSSR count). The minimum absolute atomic E-state index is 0.0457. The molecule has 0 bridgehead atoms. The highest BCUT2D eigenvalue weighted by molar-refractivity contribution is 6.35. The van der Waals surface area contributed by atoms with Crippen LogP contribution in [0.3, 0.4) is 0 Å². The van der Waals surface area contributed by atoms with E-state index in [2.05, 4.69) is 20.8 Å². The van der Waals surface area contributed by atoms with Crippen molar-refractivity contribution in [3.8, 4) is 5.75 Å². The summed E-state index contributed by atoms with van der Waals surface area (Å²) in [5.41, 5.74) is 2.80. The number of hydrogen-bond donors (Lipinski definition) is 0. The van der Waals surface area contributed by atoms with Crippen molar-refractivity contribution in [1.29, 1.82) is 0 Å². The molecule has 6 nitrogen and oxygen atoms in total. The number of nitrogens with zero attached hydrogens (tertiary/aromatic N) is 2. The molecule has 4 aromatic carbocycles. The Morgan fingerprint density at radius 2 is 1.51 bits per heavy atom. The fourth-order valence-corrected chi connectivity index (χ4v) is 5.48. The first-order chi connectivity index (χ1) is 19.5. The molecule has 41 heavy (non-hydrogen) atoms. The van der Waals surface area contributed by atoms with E-state index in [1.807, 2.05) is 48.5 Å². The molecule has 0 N–H and O–H groups in total. The lowest BCUT2D eigenvalue weighted by Gasteiger charge is -2.29. The van der Waals surface area contributed by atoms with Gasteiger partial charge in [-0.2, -0.15) is 0 Å². The van der Waals surface area contributed by atoms with Crippen molar-refractivity contribution in [2.45, 2.75) is 32.6 Å². The summed E-state index contributed by atoms with van der Waals surface area (Å²) in [7, 11) is 0. The molecule has 0 aliphatic carbocycles. The number of hydrogen-bond acceptors (Lipinski definition) is 4. The van der Waals surface area contributed by atoms with Crippen molar-refractivity contribution < 1.29 is 19.1 Å². The topological polar surface area (TPSA) is 66.9 Å². The van der Waals surface area contributed by atoms with Crippen molar-refractivity contribution in [3.05, 3.63) is 106 Å². The van der Waals surface area contributed by atoms with E-state index >= 15 is 0 Å². The van der Waals surface area contributed by atoms with Gasteiger partial charge in [-0.1, -0.05) is 80.4 Å². The van der Waals surface area contributed by atoms with Crippen LogP contribution < -0.4 is 9.64 Å². The number of amides is 3. The van der Waals surface area contributed by atoms with Crippen LogP contribution in [0, 0.1) is 0 Å². The van der Waals surface area contributed by atoms with Gasteiger partial charge in [0.05, 0.1) is 5.02 Å². The first-order valence-electron chi connectivity index (χ1n) is 13.4. The van der Waals surface area contributed by atoms with E-state index in [9.17, 15) is 14.4 Å². The molecule has 0 atom stereocenters. The highest BCUT2D eigenvalue weighted by Crippen LogP contribution is 2.31. The second-order valence-electron chi connectivity index (χ2n) is 11.0. The standard InChI is InChI=1S/C33H30Cl2N2O4/c1-33(2,3)22-11-14-24(15-12-22)36(29(38)20-41-28-16-13-23(34)19-27(28)35)17-6-18-37-31(39)25-9-4-7-21-8-5-10-26(30(21)25)32(37)40/h4-5,7-16,19H,6,17-18,20H2,1-3H3. The molecule has 1 aliphatic heterocycles. The minimum atomic E-state index is -0.326. The molecule has 1 aliphatic rings. The zero-order valence-corrected chi connectivity index (χ0v) is 24.6. The molecule has 0 saturated heterocycles. The Morgan fingerprint density at radius 3 is 2.10 bits per heavy atom. The van der Waals surface area contributed by atoms with Gasteiger partial charge in [-0.05, 0) is 65.3 Å². The van der Waals surface area contributed by atoms with Crippen molar-refractivity contribution >= 4 is 57.4 Å². The van der Waals surface area contributed by atoms with Gasteiger partial charge in [-0.3, -0.25) is 19.3 Å². The van der Waals surface area contributed by atoms with E-state index < -0.39 is 0 Å². The molecule has 0 radical (unpaired) electrons. The zero-order chi connectivity index (χ0) is 29.3. The van der Waals surface area contributed by atoms with Crippen LogP contribution in [0.2, 0.25) is 10.0 Å². The maximum atomic E-state index is 13.5. The molecule has 0 aromatic heterocycles. The third-order valence-electron chi connectivity index (χ3n) is 7.21. The predicted octanol–water partition coefficient (Wildman–Crippen LogP) is 7.54. The van der Waals surface area contributed by atoms with E-state index in [4.69, 9.17) is 27.9 Å². The van der Waals surface area contributed by atoms with Gasteiger partial charge in [0.2, 0.25) is 0 Å². The van der Waals surface area contributed by atoms with Crippen LogP contribution in [0.15, 0.2) is 78.9 Å². The SMILES string of the molecule is CC(C)(C)c1ccc(N(CCCN2C(=O)c3cccc4cccc(c34)C2=O)C(=O)COc2ccc(Cl)cc2Cl)cc1. The summed E-state index contributed by atoms with van der Waals surface area (Å²) < 4.78 is 5.74. The van der Waals surface area contributed by atoms with Gasteiger partial charge in [0, 0.05) is 40.3 Å². The van der Waals surface area contributed by atoms with E-state index in [1.54, 1.807) is 35.2 Å². The van der Waals surface area contributed by atoms with Crippen molar-refractivity contribution in [2.75, 3.05) is 24.6 Å². The largest absolute Gasteiger partial charge is 0.482 e. The highest BCUT2D eigenvalue weighted by Gasteiger charge is 2.32. The Morgan fingerprint density at radius 1 is 0.878 bits per heavy atom. The summed E-state index contributed by atoms with van der Waals surface area (Å²) in [5, 5.41) is 2.33. The van der Waals surface area contributed by atoms with Crippen molar-refractivity contribution in [3.63, 3.8) is 0 Å². The van der Waals surface area contributed by atoms with Gasteiger partial charge in [-0.15, -0.1) is 0 Å². The smallest absolute Gasteiger partial charge is 0.264 e. The molecule has 4 aromatic rings. The average Bonchev–Trinajstić information content (AvgIpc) is 2.94. The van der Waals surface area contributed by atoms with E-state index in [1.165, 1.54) is 4.90 Å². The maximum Gasteiger partial charge on any atom is 0.264 e. The number of anilines is 1.